The summed E-state index contributed by atoms with van der Waals surface area (Å²) in [5, 5.41) is 0. The fraction of sp³-hybridized carbons (Fsp3) is 0.364. The average Bonchev–Trinajstić information content (AvgIpc) is 3.29. The minimum atomic E-state index is -0.0376. The van der Waals surface area contributed by atoms with E-state index in [2.05, 4.69) is 16.0 Å². The van der Waals surface area contributed by atoms with Crippen LogP contribution in [0.15, 0.2) is 53.3 Å². The minimum absolute atomic E-state index is 0.0376. The van der Waals surface area contributed by atoms with Crippen LogP contribution in [0, 0.1) is 0 Å². The normalized spacial score (nSPS) is 17.9. The largest absolute Gasteiger partial charge is 0.326 e. The van der Waals surface area contributed by atoms with E-state index < -0.39 is 0 Å². The van der Waals surface area contributed by atoms with Crippen molar-refractivity contribution in [2.24, 2.45) is 0 Å². The smallest absolute Gasteiger partial charge is 0.311 e. The number of piperidine rings is 1. The summed E-state index contributed by atoms with van der Waals surface area (Å²) in [6, 6.07) is 16.2. The Morgan fingerprint density at radius 3 is 2.61 bits per heavy atom. The Kier molecular flexibility index (Phi) is 4.28. The molecule has 3 heterocycles. The van der Waals surface area contributed by atoms with E-state index in [0.717, 1.165) is 55.6 Å². The second-order valence-electron chi connectivity index (χ2n) is 7.75. The molecule has 0 bridgehead atoms. The summed E-state index contributed by atoms with van der Waals surface area (Å²) < 4.78 is 1.89. The van der Waals surface area contributed by atoms with E-state index in [1.807, 2.05) is 51.9 Å². The molecule has 0 spiro atoms. The predicted molar refractivity (Wildman–Crippen MR) is 110 cm³/mol. The van der Waals surface area contributed by atoms with Gasteiger partial charge in [-0.2, -0.15) is 0 Å². The molecule has 0 atom stereocenters. The van der Waals surface area contributed by atoms with Gasteiger partial charge in [-0.15, -0.1) is 0 Å². The Morgan fingerprint density at radius 2 is 1.75 bits per heavy atom. The van der Waals surface area contributed by atoms with E-state index >= 15 is 0 Å². The van der Waals surface area contributed by atoms with Crippen LogP contribution in [0.5, 0.6) is 0 Å². The first-order valence-corrected chi connectivity index (χ1v) is 10.0. The molecule has 3 aromatic rings. The van der Waals surface area contributed by atoms with Gasteiger partial charge in [-0.05, 0) is 43.0 Å². The lowest BCUT2D eigenvalue weighted by Gasteiger charge is -2.33. The van der Waals surface area contributed by atoms with Crippen molar-refractivity contribution in [1.82, 2.24) is 14.5 Å². The Labute approximate surface area is 163 Å². The van der Waals surface area contributed by atoms with Gasteiger partial charge in [-0.3, -0.25) is 14.3 Å². The van der Waals surface area contributed by atoms with E-state index in [1.54, 1.807) is 0 Å². The van der Waals surface area contributed by atoms with Gasteiger partial charge in [0.15, 0.2) is 0 Å². The number of aromatic amines is 1. The van der Waals surface area contributed by atoms with Crippen molar-refractivity contribution in [3.8, 4) is 0 Å². The van der Waals surface area contributed by atoms with Crippen molar-refractivity contribution >= 4 is 22.6 Å². The standard InChI is InChI=1S/C22H24N4O2/c27-21(25-14-9-16-5-1-3-7-19(16)25)15-24-12-10-17(11-13-24)26-20-8-4-2-6-18(20)23-22(26)28/h1-8,17H,9-15H2,(H,23,28). The third-order valence-corrected chi connectivity index (χ3v) is 6.09. The number of fused-ring (bicyclic) bond motifs is 2. The Morgan fingerprint density at radius 1 is 1.00 bits per heavy atom. The van der Waals surface area contributed by atoms with Crippen LogP contribution in [-0.4, -0.2) is 46.5 Å². The maximum absolute atomic E-state index is 12.8. The number of amides is 1. The van der Waals surface area contributed by atoms with Gasteiger partial charge in [0.2, 0.25) is 5.91 Å². The molecule has 1 aromatic heterocycles. The highest BCUT2D eigenvalue weighted by Gasteiger charge is 2.28. The third-order valence-electron chi connectivity index (χ3n) is 6.09. The summed E-state index contributed by atoms with van der Waals surface area (Å²) in [6.07, 6.45) is 2.70. The van der Waals surface area contributed by atoms with Gasteiger partial charge in [-0.25, -0.2) is 4.79 Å². The van der Waals surface area contributed by atoms with Gasteiger partial charge in [0.05, 0.1) is 17.6 Å². The number of hydrogen-bond acceptors (Lipinski definition) is 3. The lowest BCUT2D eigenvalue weighted by molar-refractivity contribution is -0.120. The molecule has 1 saturated heterocycles. The van der Waals surface area contributed by atoms with E-state index in [4.69, 9.17) is 0 Å². The summed E-state index contributed by atoms with van der Waals surface area (Å²) in [7, 11) is 0. The average molecular weight is 376 g/mol. The van der Waals surface area contributed by atoms with Gasteiger partial charge >= 0.3 is 5.69 Å². The van der Waals surface area contributed by atoms with Crippen LogP contribution in [0.25, 0.3) is 11.0 Å². The van der Waals surface area contributed by atoms with E-state index in [0.29, 0.717) is 6.54 Å². The minimum Gasteiger partial charge on any atom is -0.311 e. The SMILES string of the molecule is O=C(CN1CCC(n2c(=O)[nH]c3ccccc32)CC1)N1CCc2ccccc21. The second kappa shape index (κ2) is 6.95. The number of nitrogens with zero attached hydrogens (tertiary/aromatic N) is 3. The molecule has 6 nitrogen and oxygen atoms in total. The van der Waals surface area contributed by atoms with E-state index in [-0.39, 0.29) is 17.6 Å². The maximum Gasteiger partial charge on any atom is 0.326 e. The highest BCUT2D eigenvalue weighted by atomic mass is 16.2. The first-order chi connectivity index (χ1) is 13.7. The first kappa shape index (κ1) is 17.3. The number of H-pyrrole nitrogens is 1. The third kappa shape index (κ3) is 2.94. The topological polar surface area (TPSA) is 61.3 Å². The number of aromatic nitrogens is 2. The molecule has 0 unspecified atom stereocenters. The number of benzene rings is 2. The van der Waals surface area contributed by atoms with Gasteiger partial charge < -0.3 is 9.88 Å². The van der Waals surface area contributed by atoms with Crippen LogP contribution in [0.1, 0.15) is 24.4 Å². The van der Waals surface area contributed by atoms with Crippen LogP contribution in [0.4, 0.5) is 5.69 Å². The molecule has 0 aliphatic carbocycles. The summed E-state index contributed by atoms with van der Waals surface area (Å²) >= 11 is 0. The molecule has 6 heteroatoms. The summed E-state index contributed by atoms with van der Waals surface area (Å²) in [4.78, 5) is 32.4. The van der Waals surface area contributed by atoms with E-state index in [1.165, 1.54) is 5.56 Å². The fourth-order valence-electron chi connectivity index (χ4n) is 4.65. The molecule has 5 rings (SSSR count). The molecule has 2 aliphatic rings. The van der Waals surface area contributed by atoms with Gasteiger partial charge in [-0.1, -0.05) is 30.3 Å². The number of anilines is 1. The molecule has 28 heavy (non-hydrogen) atoms. The summed E-state index contributed by atoms with van der Waals surface area (Å²) in [5.41, 5.74) is 4.14. The van der Waals surface area contributed by atoms with Crippen molar-refractivity contribution < 1.29 is 4.79 Å². The zero-order chi connectivity index (χ0) is 19.1. The molecule has 1 amide bonds. The summed E-state index contributed by atoms with van der Waals surface area (Å²) in [6.45, 7) is 2.89. The van der Waals surface area contributed by atoms with E-state index in [9.17, 15) is 9.59 Å². The number of likely N-dealkylation sites (tertiary alicyclic amines) is 1. The molecular weight excluding hydrogens is 352 g/mol. The van der Waals surface area contributed by atoms with Crippen LogP contribution in [-0.2, 0) is 11.2 Å². The monoisotopic (exact) mass is 376 g/mol. The maximum atomic E-state index is 12.8. The van der Waals surface area contributed by atoms with Gasteiger partial charge in [0.1, 0.15) is 0 Å². The van der Waals surface area contributed by atoms with Crippen LogP contribution < -0.4 is 10.6 Å². The Balaban J connectivity index is 1.25. The number of carbonyl (C=O) groups excluding carboxylic acids is 1. The number of imidazole rings is 1. The second-order valence-corrected chi connectivity index (χ2v) is 7.75. The number of hydrogen-bond donors (Lipinski definition) is 1. The zero-order valence-corrected chi connectivity index (χ0v) is 15.8. The highest BCUT2D eigenvalue weighted by Crippen LogP contribution is 2.28. The molecule has 2 aliphatic heterocycles. The van der Waals surface area contributed by atoms with Gasteiger partial charge in [0, 0.05) is 31.4 Å². The lowest BCUT2D eigenvalue weighted by Crippen LogP contribution is -2.44. The molecular formula is C22H24N4O2. The molecule has 0 radical (unpaired) electrons. The van der Waals surface area contributed by atoms with Crippen molar-refractivity contribution in [2.45, 2.75) is 25.3 Å². The molecule has 1 N–H and O–H groups in total. The summed E-state index contributed by atoms with van der Waals surface area (Å²) in [5.74, 6) is 0.174. The van der Waals surface area contributed by atoms with Crippen LogP contribution >= 0.6 is 0 Å². The Bertz CT molecular complexity index is 1080. The fourth-order valence-corrected chi connectivity index (χ4v) is 4.65. The number of nitrogens with one attached hydrogen (secondary N) is 1. The van der Waals surface area contributed by atoms with Crippen molar-refractivity contribution in [3.63, 3.8) is 0 Å². The lowest BCUT2D eigenvalue weighted by atomic mass is 10.0. The van der Waals surface area contributed by atoms with Crippen molar-refractivity contribution in [2.75, 3.05) is 31.1 Å². The number of rotatable bonds is 3. The zero-order valence-electron chi connectivity index (χ0n) is 15.8. The van der Waals surface area contributed by atoms with Gasteiger partial charge in [0.25, 0.3) is 0 Å². The first-order valence-electron chi connectivity index (χ1n) is 10.0. The van der Waals surface area contributed by atoms with Crippen molar-refractivity contribution in [3.05, 3.63) is 64.6 Å². The van der Waals surface area contributed by atoms with Crippen molar-refractivity contribution in [1.29, 1.82) is 0 Å². The molecule has 144 valence electrons. The van der Waals surface area contributed by atoms with Crippen LogP contribution in [0.3, 0.4) is 0 Å². The quantitative estimate of drug-likeness (QED) is 0.764. The number of para-hydroxylation sites is 3. The van der Waals surface area contributed by atoms with Crippen LogP contribution in [0.2, 0.25) is 0 Å². The highest BCUT2D eigenvalue weighted by molar-refractivity contribution is 5.96. The predicted octanol–water partition coefficient (Wildman–Crippen LogP) is 2.56. The number of carbonyl (C=O) groups is 1. The molecule has 0 saturated carbocycles. The molecule has 2 aromatic carbocycles. The Hall–Kier alpha value is -2.86. The molecule has 1 fully saturated rings.